The fraction of sp³-hybridized carbons (Fsp3) is 0.231. The van der Waals surface area contributed by atoms with E-state index in [1.165, 1.54) is 6.21 Å². The Kier molecular flexibility index (Phi) is 8.99. The number of aliphatic carboxylic acids is 1. The number of halogens is 4. The maximum absolute atomic E-state index is 11.6. The van der Waals surface area contributed by atoms with Gasteiger partial charge in [0.2, 0.25) is 5.96 Å². The lowest BCUT2D eigenvalue weighted by molar-refractivity contribution is -0.192. The van der Waals surface area contributed by atoms with Crippen LogP contribution in [0.2, 0.25) is 5.02 Å². The van der Waals surface area contributed by atoms with Gasteiger partial charge in [0.15, 0.2) is 0 Å². The van der Waals surface area contributed by atoms with E-state index in [-0.39, 0.29) is 23.2 Å². The van der Waals surface area contributed by atoms with E-state index in [0.29, 0.717) is 5.56 Å². The molecule has 0 atom stereocenters. The summed E-state index contributed by atoms with van der Waals surface area (Å²) in [7, 11) is 0. The number of nitrogens with one attached hydrogen (secondary N) is 2. The fourth-order valence-electron chi connectivity index (χ4n) is 1.19. The largest absolute Gasteiger partial charge is 0.490 e. The molecule has 138 valence electrons. The number of alkyl halides is 3. The second-order valence-corrected chi connectivity index (χ2v) is 4.39. The molecule has 0 bridgehead atoms. The zero-order valence-electron chi connectivity index (χ0n) is 12.7. The van der Waals surface area contributed by atoms with Crippen LogP contribution in [0.25, 0.3) is 0 Å². The summed E-state index contributed by atoms with van der Waals surface area (Å²) in [6.07, 6.45) is -3.72. The van der Waals surface area contributed by atoms with Gasteiger partial charge in [-0.3, -0.25) is 5.41 Å². The van der Waals surface area contributed by atoms with Crippen LogP contribution in [-0.4, -0.2) is 42.0 Å². The minimum Gasteiger partial charge on any atom is -0.475 e. The van der Waals surface area contributed by atoms with Crippen LogP contribution in [0.1, 0.15) is 22.8 Å². The molecule has 25 heavy (non-hydrogen) atoms. The number of hydrogen-bond donors (Lipinski definition) is 4. The fourth-order valence-corrected chi connectivity index (χ4v) is 1.44. The third-order valence-corrected chi connectivity index (χ3v) is 2.58. The van der Waals surface area contributed by atoms with E-state index in [9.17, 15) is 18.0 Å². The second-order valence-electron chi connectivity index (χ2n) is 4.02. The molecule has 0 radical (unpaired) electrons. The van der Waals surface area contributed by atoms with E-state index >= 15 is 0 Å². The van der Waals surface area contributed by atoms with Gasteiger partial charge >= 0.3 is 18.1 Å². The Balaban J connectivity index is 0.000000697. The average Bonchev–Trinajstić information content (AvgIpc) is 2.48. The van der Waals surface area contributed by atoms with E-state index in [4.69, 9.17) is 37.4 Å². The molecular weight excluding hydrogens is 369 g/mol. The van der Waals surface area contributed by atoms with Crippen molar-refractivity contribution in [3.63, 3.8) is 0 Å². The molecule has 1 aromatic rings. The third kappa shape index (κ3) is 8.55. The van der Waals surface area contributed by atoms with E-state index in [1.54, 1.807) is 25.1 Å². The number of carboxylic acid groups (broad SMARTS) is 1. The molecule has 0 aliphatic heterocycles. The Labute approximate surface area is 144 Å². The van der Waals surface area contributed by atoms with Gasteiger partial charge in [-0.15, -0.1) is 0 Å². The molecule has 1 rings (SSSR count). The van der Waals surface area contributed by atoms with Gasteiger partial charge in [0.25, 0.3) is 0 Å². The number of benzene rings is 1. The zero-order chi connectivity index (χ0) is 19.6. The monoisotopic (exact) mass is 382 g/mol. The maximum Gasteiger partial charge on any atom is 0.490 e. The Morgan fingerprint density at radius 2 is 2.04 bits per heavy atom. The summed E-state index contributed by atoms with van der Waals surface area (Å²) in [6.45, 7) is 1.99. The van der Waals surface area contributed by atoms with Crippen molar-refractivity contribution in [1.82, 2.24) is 5.43 Å². The minimum atomic E-state index is -5.08. The lowest BCUT2D eigenvalue weighted by Crippen LogP contribution is -2.25. The Morgan fingerprint density at radius 3 is 2.48 bits per heavy atom. The van der Waals surface area contributed by atoms with E-state index in [2.05, 4.69) is 10.5 Å². The first-order chi connectivity index (χ1) is 11.5. The first-order valence-corrected chi connectivity index (χ1v) is 6.77. The highest BCUT2D eigenvalue weighted by Crippen LogP contribution is 2.20. The first kappa shape index (κ1) is 22.2. The highest BCUT2D eigenvalue weighted by Gasteiger charge is 2.38. The highest BCUT2D eigenvalue weighted by atomic mass is 35.5. The molecular formula is C13H14ClF3N4O4. The Hall–Kier alpha value is -2.82. The molecule has 0 heterocycles. The van der Waals surface area contributed by atoms with Crippen molar-refractivity contribution in [2.45, 2.75) is 13.1 Å². The number of guanidine groups is 1. The molecule has 0 aliphatic carbocycles. The van der Waals surface area contributed by atoms with Crippen molar-refractivity contribution < 1.29 is 32.6 Å². The standard InChI is InChI=1S/C11H13ClN4O2.C2HF3O2/c1-2-18-10(17)8-5-3-4-7(9(8)12)6-15-16-11(13)14;3-2(4,5)1(6)7/h3-6H,2H2,1H3,(H4,13,14,16);(H,6,7). The Bertz CT molecular complexity index is 665. The highest BCUT2D eigenvalue weighted by molar-refractivity contribution is 6.36. The van der Waals surface area contributed by atoms with Crippen LogP contribution in [-0.2, 0) is 9.53 Å². The molecule has 5 N–H and O–H groups in total. The number of esters is 1. The summed E-state index contributed by atoms with van der Waals surface area (Å²) >= 11 is 6.05. The number of nitrogens with zero attached hydrogens (tertiary/aromatic N) is 1. The number of ether oxygens (including phenoxy) is 1. The summed E-state index contributed by atoms with van der Waals surface area (Å²) in [5, 5.41) is 18.0. The normalized spacial score (nSPS) is 10.6. The number of hydrazone groups is 1. The topological polar surface area (TPSA) is 138 Å². The summed E-state index contributed by atoms with van der Waals surface area (Å²) in [4.78, 5) is 20.5. The van der Waals surface area contributed by atoms with Gasteiger partial charge in [0, 0.05) is 5.56 Å². The van der Waals surface area contributed by atoms with Crippen molar-refractivity contribution in [2.75, 3.05) is 6.61 Å². The van der Waals surface area contributed by atoms with E-state index in [0.717, 1.165) is 0 Å². The summed E-state index contributed by atoms with van der Waals surface area (Å²) in [6, 6.07) is 4.90. The molecule has 0 unspecified atom stereocenters. The van der Waals surface area contributed by atoms with Gasteiger partial charge in [0.1, 0.15) is 0 Å². The van der Waals surface area contributed by atoms with Crippen LogP contribution in [0, 0.1) is 5.41 Å². The van der Waals surface area contributed by atoms with Gasteiger partial charge in [-0.2, -0.15) is 18.3 Å². The number of carbonyl (C=O) groups is 2. The molecule has 0 saturated heterocycles. The predicted octanol–water partition coefficient (Wildman–Crippen LogP) is 1.97. The molecule has 0 spiro atoms. The lowest BCUT2D eigenvalue weighted by Gasteiger charge is -2.05. The molecule has 0 aliphatic rings. The number of carbonyl (C=O) groups excluding carboxylic acids is 1. The van der Waals surface area contributed by atoms with Crippen LogP contribution in [0.4, 0.5) is 13.2 Å². The number of rotatable bonds is 4. The van der Waals surface area contributed by atoms with Crippen LogP contribution < -0.4 is 11.2 Å². The van der Waals surface area contributed by atoms with Crippen molar-refractivity contribution in [1.29, 1.82) is 5.41 Å². The average molecular weight is 383 g/mol. The van der Waals surface area contributed by atoms with E-state index in [1.807, 2.05) is 0 Å². The van der Waals surface area contributed by atoms with Crippen LogP contribution in [0.5, 0.6) is 0 Å². The van der Waals surface area contributed by atoms with Crippen LogP contribution >= 0.6 is 11.6 Å². The van der Waals surface area contributed by atoms with Crippen molar-refractivity contribution in [2.24, 2.45) is 10.8 Å². The van der Waals surface area contributed by atoms with Crippen molar-refractivity contribution >= 4 is 35.7 Å². The molecule has 0 amide bonds. The first-order valence-electron chi connectivity index (χ1n) is 6.39. The molecule has 12 heteroatoms. The maximum atomic E-state index is 11.6. The molecule has 0 aromatic heterocycles. The van der Waals surface area contributed by atoms with Gasteiger partial charge in [-0.25, -0.2) is 15.0 Å². The zero-order valence-corrected chi connectivity index (χ0v) is 13.5. The third-order valence-electron chi connectivity index (χ3n) is 2.16. The summed E-state index contributed by atoms with van der Waals surface area (Å²) < 4.78 is 36.6. The SMILES string of the molecule is CCOC(=O)c1cccc(C=NNC(=N)N)c1Cl.O=C(O)C(F)(F)F. The molecule has 8 nitrogen and oxygen atoms in total. The van der Waals surface area contributed by atoms with Crippen molar-refractivity contribution in [3.05, 3.63) is 34.3 Å². The number of carboxylic acids is 1. The van der Waals surface area contributed by atoms with Gasteiger partial charge < -0.3 is 15.6 Å². The second kappa shape index (κ2) is 10.1. The smallest absolute Gasteiger partial charge is 0.475 e. The minimum absolute atomic E-state index is 0.241. The van der Waals surface area contributed by atoms with Crippen molar-refractivity contribution in [3.8, 4) is 0 Å². The number of hydrogen-bond acceptors (Lipinski definition) is 5. The summed E-state index contributed by atoms with van der Waals surface area (Å²) in [5.74, 6) is -3.53. The predicted molar refractivity (Wildman–Crippen MR) is 83.7 cm³/mol. The molecule has 0 fully saturated rings. The Morgan fingerprint density at radius 1 is 1.48 bits per heavy atom. The lowest BCUT2D eigenvalue weighted by atomic mass is 10.1. The van der Waals surface area contributed by atoms with Crippen LogP contribution in [0.3, 0.4) is 0 Å². The van der Waals surface area contributed by atoms with Gasteiger partial charge in [-0.05, 0) is 13.0 Å². The molecule has 1 aromatic carbocycles. The van der Waals surface area contributed by atoms with Crippen LogP contribution in [0.15, 0.2) is 23.3 Å². The quantitative estimate of drug-likeness (QED) is 0.272. The number of nitrogens with two attached hydrogens (primary N) is 1. The molecule has 0 saturated carbocycles. The van der Waals surface area contributed by atoms with Gasteiger partial charge in [0.05, 0.1) is 23.4 Å². The van der Waals surface area contributed by atoms with Gasteiger partial charge in [-0.1, -0.05) is 23.7 Å². The van der Waals surface area contributed by atoms with E-state index < -0.39 is 18.1 Å². The summed E-state index contributed by atoms with van der Waals surface area (Å²) in [5.41, 5.74) is 8.11.